The fraction of sp³-hybridized carbons (Fsp3) is 0. The maximum absolute atomic E-state index is 2.47. The Morgan fingerprint density at radius 1 is 0.444 bits per heavy atom. The SMILES string of the molecule is c1ccc(-c2cccc3c2sc2c4ccccc4c4c5ccccc5n(-c5ccccc5)c4c32)cc1. The Bertz CT molecular complexity index is 2080. The van der Waals surface area contributed by atoms with Crippen LogP contribution in [0.25, 0.3) is 69.6 Å². The minimum Gasteiger partial charge on any atom is -0.309 e. The maximum atomic E-state index is 2.47. The number of thiophene rings is 1. The van der Waals surface area contributed by atoms with E-state index < -0.39 is 0 Å². The van der Waals surface area contributed by atoms with Crippen molar-refractivity contribution in [2.75, 3.05) is 0 Å². The molecule has 0 saturated heterocycles. The van der Waals surface area contributed by atoms with Gasteiger partial charge in [0, 0.05) is 42.0 Å². The van der Waals surface area contributed by atoms with Crippen molar-refractivity contribution in [3.05, 3.63) is 127 Å². The summed E-state index contributed by atoms with van der Waals surface area (Å²) < 4.78 is 5.18. The number of para-hydroxylation sites is 2. The molecule has 36 heavy (non-hydrogen) atoms. The molecule has 0 bridgehead atoms. The minimum absolute atomic E-state index is 1.19. The summed E-state index contributed by atoms with van der Waals surface area (Å²) in [7, 11) is 0. The average Bonchev–Trinajstić information content (AvgIpc) is 3.51. The quantitative estimate of drug-likeness (QED) is 0.234. The number of fused-ring (bicyclic) bond motifs is 10. The topological polar surface area (TPSA) is 4.93 Å². The first-order valence-electron chi connectivity index (χ1n) is 12.3. The second-order valence-corrected chi connectivity index (χ2v) is 10.3. The smallest absolute Gasteiger partial charge is 0.0640 e. The van der Waals surface area contributed by atoms with Crippen LogP contribution in [-0.2, 0) is 0 Å². The molecule has 6 aromatic carbocycles. The molecule has 1 nitrogen and oxygen atoms in total. The van der Waals surface area contributed by atoms with Crippen molar-refractivity contribution in [2.24, 2.45) is 0 Å². The first-order valence-corrected chi connectivity index (χ1v) is 13.1. The third kappa shape index (κ3) is 2.65. The Morgan fingerprint density at radius 2 is 1.08 bits per heavy atom. The van der Waals surface area contributed by atoms with Crippen molar-refractivity contribution >= 4 is 64.1 Å². The van der Waals surface area contributed by atoms with E-state index in [4.69, 9.17) is 0 Å². The van der Waals surface area contributed by atoms with E-state index in [1.807, 2.05) is 11.3 Å². The molecule has 0 N–H and O–H groups in total. The Kier molecular flexibility index (Phi) is 4.16. The van der Waals surface area contributed by atoms with E-state index >= 15 is 0 Å². The van der Waals surface area contributed by atoms with Gasteiger partial charge in [0.15, 0.2) is 0 Å². The highest BCUT2D eigenvalue weighted by Crippen LogP contribution is 2.49. The molecule has 0 unspecified atom stereocenters. The van der Waals surface area contributed by atoms with Crippen molar-refractivity contribution in [3.8, 4) is 16.8 Å². The minimum atomic E-state index is 1.19. The van der Waals surface area contributed by atoms with Crippen LogP contribution in [0, 0.1) is 0 Å². The summed E-state index contributed by atoms with van der Waals surface area (Å²) in [6.07, 6.45) is 0. The first-order chi connectivity index (χ1) is 17.9. The molecule has 0 amide bonds. The summed E-state index contributed by atoms with van der Waals surface area (Å²) in [6.45, 7) is 0. The Labute approximate surface area is 212 Å². The predicted octanol–water partition coefficient (Wildman–Crippen LogP) is 9.97. The Balaban J connectivity index is 1.69. The van der Waals surface area contributed by atoms with E-state index in [1.54, 1.807) is 0 Å². The third-order valence-electron chi connectivity index (χ3n) is 7.37. The van der Waals surface area contributed by atoms with Gasteiger partial charge in [-0.2, -0.15) is 0 Å². The van der Waals surface area contributed by atoms with Crippen molar-refractivity contribution in [3.63, 3.8) is 0 Å². The molecule has 0 saturated carbocycles. The van der Waals surface area contributed by atoms with E-state index in [-0.39, 0.29) is 0 Å². The molecule has 0 fully saturated rings. The first kappa shape index (κ1) is 19.9. The zero-order valence-electron chi connectivity index (χ0n) is 19.5. The van der Waals surface area contributed by atoms with Gasteiger partial charge in [-0.1, -0.05) is 109 Å². The van der Waals surface area contributed by atoms with E-state index in [9.17, 15) is 0 Å². The summed E-state index contributed by atoms with van der Waals surface area (Å²) in [6, 6.07) is 46.1. The van der Waals surface area contributed by atoms with Crippen LogP contribution < -0.4 is 0 Å². The lowest BCUT2D eigenvalue weighted by Crippen LogP contribution is -1.93. The molecule has 0 aliphatic rings. The molecule has 0 radical (unpaired) electrons. The standard InChI is InChI=1S/C34H21NS/c1-3-12-22(13-4-1)24-19-11-20-28-31-32-30(25-16-7-8-17-26(25)34(31)36-33(24)28)27-18-9-10-21-29(27)35(32)23-14-5-2-6-15-23/h1-21H. The summed E-state index contributed by atoms with van der Waals surface area (Å²) in [5.74, 6) is 0. The number of benzene rings is 6. The van der Waals surface area contributed by atoms with Gasteiger partial charge >= 0.3 is 0 Å². The zero-order chi connectivity index (χ0) is 23.6. The molecular formula is C34H21NS. The van der Waals surface area contributed by atoms with Crippen molar-refractivity contribution in [1.82, 2.24) is 4.57 Å². The van der Waals surface area contributed by atoms with E-state index in [2.05, 4.69) is 132 Å². The molecule has 0 atom stereocenters. The molecule has 0 spiro atoms. The predicted molar refractivity (Wildman–Crippen MR) is 157 cm³/mol. The highest BCUT2D eigenvalue weighted by Gasteiger charge is 2.22. The van der Waals surface area contributed by atoms with Gasteiger partial charge in [0.25, 0.3) is 0 Å². The lowest BCUT2D eigenvalue weighted by Gasteiger charge is -2.10. The molecule has 2 heterocycles. The van der Waals surface area contributed by atoms with Gasteiger partial charge in [-0.15, -0.1) is 11.3 Å². The summed E-state index contributed by atoms with van der Waals surface area (Å²) in [4.78, 5) is 0. The van der Waals surface area contributed by atoms with Gasteiger partial charge in [0.05, 0.1) is 11.0 Å². The van der Waals surface area contributed by atoms with Crippen LogP contribution in [0.5, 0.6) is 0 Å². The number of aromatic nitrogens is 1. The molecule has 0 aliphatic carbocycles. The highest BCUT2D eigenvalue weighted by atomic mass is 32.1. The largest absolute Gasteiger partial charge is 0.309 e. The van der Waals surface area contributed by atoms with Gasteiger partial charge in [0.2, 0.25) is 0 Å². The molecule has 8 rings (SSSR count). The molecule has 2 aromatic heterocycles. The molecule has 2 heteroatoms. The highest BCUT2D eigenvalue weighted by molar-refractivity contribution is 7.27. The normalized spacial score (nSPS) is 11.9. The van der Waals surface area contributed by atoms with Gasteiger partial charge in [-0.3, -0.25) is 0 Å². The number of rotatable bonds is 2. The average molecular weight is 476 g/mol. The number of hydrogen-bond acceptors (Lipinski definition) is 1. The van der Waals surface area contributed by atoms with Crippen LogP contribution in [-0.4, -0.2) is 4.57 Å². The number of nitrogens with zero attached hydrogens (tertiary/aromatic N) is 1. The van der Waals surface area contributed by atoms with Crippen LogP contribution in [0.3, 0.4) is 0 Å². The van der Waals surface area contributed by atoms with Crippen LogP contribution in [0.4, 0.5) is 0 Å². The van der Waals surface area contributed by atoms with Crippen LogP contribution in [0.1, 0.15) is 0 Å². The summed E-state index contributed by atoms with van der Waals surface area (Å²) >= 11 is 1.93. The Hall–Kier alpha value is -4.40. The van der Waals surface area contributed by atoms with Crippen molar-refractivity contribution < 1.29 is 0 Å². The van der Waals surface area contributed by atoms with Crippen molar-refractivity contribution in [1.29, 1.82) is 0 Å². The van der Waals surface area contributed by atoms with Gasteiger partial charge in [-0.25, -0.2) is 0 Å². The van der Waals surface area contributed by atoms with E-state index in [1.165, 1.54) is 69.6 Å². The zero-order valence-corrected chi connectivity index (χ0v) is 20.3. The lowest BCUT2D eigenvalue weighted by molar-refractivity contribution is 1.19. The second-order valence-electron chi connectivity index (χ2n) is 9.31. The van der Waals surface area contributed by atoms with Crippen molar-refractivity contribution in [2.45, 2.75) is 0 Å². The van der Waals surface area contributed by atoms with Crippen LogP contribution in [0.2, 0.25) is 0 Å². The van der Waals surface area contributed by atoms with Gasteiger partial charge in [-0.05, 0) is 34.7 Å². The maximum Gasteiger partial charge on any atom is 0.0640 e. The summed E-state index contributed by atoms with van der Waals surface area (Å²) in [5, 5.41) is 7.96. The lowest BCUT2D eigenvalue weighted by atomic mass is 9.98. The molecule has 168 valence electrons. The van der Waals surface area contributed by atoms with Crippen LogP contribution >= 0.6 is 11.3 Å². The Morgan fingerprint density at radius 3 is 1.89 bits per heavy atom. The molecule has 0 aliphatic heterocycles. The molecular weight excluding hydrogens is 454 g/mol. The van der Waals surface area contributed by atoms with E-state index in [0.717, 1.165) is 0 Å². The van der Waals surface area contributed by atoms with E-state index in [0.29, 0.717) is 0 Å². The van der Waals surface area contributed by atoms with Crippen LogP contribution in [0.15, 0.2) is 127 Å². The third-order valence-corrected chi connectivity index (χ3v) is 8.64. The second kappa shape index (κ2) is 7.55. The van der Waals surface area contributed by atoms with Gasteiger partial charge < -0.3 is 4.57 Å². The summed E-state index contributed by atoms with van der Waals surface area (Å²) in [5.41, 5.74) is 6.30. The fourth-order valence-corrected chi connectivity index (χ4v) is 7.26. The monoisotopic (exact) mass is 475 g/mol. The van der Waals surface area contributed by atoms with Gasteiger partial charge in [0.1, 0.15) is 0 Å². The fourth-order valence-electron chi connectivity index (χ4n) is 5.88. The number of hydrogen-bond donors (Lipinski definition) is 0. The molecule has 8 aromatic rings.